The number of amides is 2. The van der Waals surface area contributed by atoms with Gasteiger partial charge in [0.2, 0.25) is 0 Å². The number of carbonyl (C=O) groups is 1. The van der Waals surface area contributed by atoms with E-state index in [2.05, 4.69) is 15.5 Å². The van der Waals surface area contributed by atoms with Gasteiger partial charge in [-0.1, -0.05) is 37.5 Å². The average molecular weight is 327 g/mol. The number of carbonyl (C=O) groups excluding carboxylic acids is 1. The van der Waals surface area contributed by atoms with Crippen molar-refractivity contribution in [3.05, 3.63) is 30.3 Å². The second-order valence-corrected chi connectivity index (χ2v) is 7.76. The van der Waals surface area contributed by atoms with Crippen LogP contribution in [0.3, 0.4) is 0 Å². The van der Waals surface area contributed by atoms with E-state index in [1.165, 1.54) is 44.9 Å². The molecule has 0 radical (unpaired) electrons. The Morgan fingerprint density at radius 1 is 0.875 bits per heavy atom. The molecule has 1 aliphatic carbocycles. The Morgan fingerprint density at radius 3 is 2.17 bits per heavy atom. The fourth-order valence-corrected chi connectivity index (χ4v) is 5.21. The van der Waals surface area contributed by atoms with Crippen molar-refractivity contribution in [3.8, 4) is 0 Å². The molecule has 2 saturated heterocycles. The summed E-state index contributed by atoms with van der Waals surface area (Å²) in [6.45, 7) is 0. The molecule has 1 aromatic carbocycles. The van der Waals surface area contributed by atoms with Gasteiger partial charge in [-0.25, -0.2) is 4.79 Å². The number of fused-ring (bicyclic) bond motifs is 2. The van der Waals surface area contributed by atoms with Crippen molar-refractivity contribution in [2.75, 3.05) is 5.32 Å². The molecule has 3 fully saturated rings. The van der Waals surface area contributed by atoms with Crippen LogP contribution in [0.25, 0.3) is 0 Å². The molecular weight excluding hydrogens is 298 g/mol. The third-order valence-electron chi connectivity index (χ3n) is 6.14. The molecule has 2 heterocycles. The third kappa shape index (κ3) is 3.44. The summed E-state index contributed by atoms with van der Waals surface area (Å²) in [6.07, 6.45) is 11.8. The summed E-state index contributed by atoms with van der Waals surface area (Å²) >= 11 is 0. The minimum absolute atomic E-state index is 0.0569. The minimum atomic E-state index is -0.0569. The number of rotatable bonds is 3. The highest BCUT2D eigenvalue weighted by molar-refractivity contribution is 5.89. The smallest absolute Gasteiger partial charge is 0.319 e. The molecule has 0 aromatic heterocycles. The summed E-state index contributed by atoms with van der Waals surface area (Å²) in [7, 11) is 0. The van der Waals surface area contributed by atoms with Crippen LogP contribution in [0.2, 0.25) is 0 Å². The number of urea groups is 1. The molecule has 3 aliphatic rings. The van der Waals surface area contributed by atoms with E-state index in [-0.39, 0.29) is 6.03 Å². The van der Waals surface area contributed by atoms with Crippen LogP contribution >= 0.6 is 0 Å². The van der Waals surface area contributed by atoms with Crippen LogP contribution in [0.5, 0.6) is 0 Å². The fraction of sp³-hybridized carbons (Fsp3) is 0.650. The Kier molecular flexibility index (Phi) is 4.74. The van der Waals surface area contributed by atoms with Gasteiger partial charge in [-0.05, 0) is 50.7 Å². The molecule has 4 heteroatoms. The number of nitrogens with zero attached hydrogens (tertiary/aromatic N) is 1. The predicted octanol–water partition coefficient (Wildman–Crippen LogP) is 4.14. The largest absolute Gasteiger partial charge is 0.335 e. The Labute approximate surface area is 145 Å². The van der Waals surface area contributed by atoms with Gasteiger partial charge in [-0.2, -0.15) is 0 Å². The van der Waals surface area contributed by atoms with E-state index in [4.69, 9.17) is 0 Å². The van der Waals surface area contributed by atoms with Crippen LogP contribution < -0.4 is 10.6 Å². The van der Waals surface area contributed by atoms with Crippen LogP contribution in [-0.2, 0) is 0 Å². The van der Waals surface area contributed by atoms with Crippen LogP contribution in [0.1, 0.15) is 57.8 Å². The SMILES string of the molecule is O=C(Nc1ccccc1)NC1C[C@H]2CCC[C@@H](C1)N2C1CCCC1. The Balaban J connectivity index is 1.35. The monoisotopic (exact) mass is 327 g/mol. The van der Waals surface area contributed by atoms with Crippen molar-refractivity contribution in [1.29, 1.82) is 0 Å². The number of benzene rings is 1. The molecule has 2 bridgehead atoms. The van der Waals surface area contributed by atoms with Gasteiger partial charge in [-0.15, -0.1) is 0 Å². The van der Waals surface area contributed by atoms with E-state index in [1.54, 1.807) is 0 Å². The van der Waals surface area contributed by atoms with E-state index in [0.717, 1.165) is 24.6 Å². The number of piperidine rings is 2. The Morgan fingerprint density at radius 2 is 1.50 bits per heavy atom. The molecule has 0 spiro atoms. The van der Waals surface area contributed by atoms with Crippen molar-refractivity contribution in [3.63, 3.8) is 0 Å². The third-order valence-corrected chi connectivity index (χ3v) is 6.14. The standard InChI is InChI=1S/C20H29N3O/c24-20(21-15-7-2-1-3-8-15)22-16-13-18-11-6-12-19(14-16)23(18)17-9-4-5-10-17/h1-3,7-8,16-19H,4-6,9-14H2,(H2,21,22,24)/t16?,18-,19+. The second-order valence-electron chi connectivity index (χ2n) is 7.76. The average Bonchev–Trinajstić information content (AvgIpc) is 3.09. The molecule has 24 heavy (non-hydrogen) atoms. The molecule has 3 atom stereocenters. The lowest BCUT2D eigenvalue weighted by Crippen LogP contribution is -2.59. The summed E-state index contributed by atoms with van der Waals surface area (Å²) in [5, 5.41) is 6.19. The van der Waals surface area contributed by atoms with Gasteiger partial charge in [0.05, 0.1) is 0 Å². The number of hydrogen-bond acceptors (Lipinski definition) is 2. The maximum atomic E-state index is 12.3. The normalized spacial score (nSPS) is 30.9. The van der Waals surface area contributed by atoms with Crippen LogP contribution in [-0.4, -0.2) is 35.1 Å². The van der Waals surface area contributed by atoms with Crippen molar-refractivity contribution in [2.45, 2.75) is 82.0 Å². The quantitative estimate of drug-likeness (QED) is 0.876. The molecular formula is C20H29N3O. The molecule has 1 saturated carbocycles. The maximum absolute atomic E-state index is 12.3. The zero-order valence-electron chi connectivity index (χ0n) is 14.4. The first-order chi connectivity index (χ1) is 11.8. The van der Waals surface area contributed by atoms with Gasteiger partial charge in [0.25, 0.3) is 0 Å². The highest BCUT2D eigenvalue weighted by atomic mass is 16.2. The van der Waals surface area contributed by atoms with Crippen molar-refractivity contribution in [2.24, 2.45) is 0 Å². The van der Waals surface area contributed by atoms with Crippen LogP contribution in [0.4, 0.5) is 10.5 Å². The lowest BCUT2D eigenvalue weighted by Gasteiger charge is -2.51. The van der Waals surface area contributed by atoms with Gasteiger partial charge in [-0.3, -0.25) is 4.90 Å². The van der Waals surface area contributed by atoms with Gasteiger partial charge < -0.3 is 10.6 Å². The van der Waals surface area contributed by atoms with Gasteiger partial charge in [0.1, 0.15) is 0 Å². The number of anilines is 1. The van der Waals surface area contributed by atoms with Crippen molar-refractivity contribution in [1.82, 2.24) is 10.2 Å². The highest BCUT2D eigenvalue weighted by Gasteiger charge is 2.42. The van der Waals surface area contributed by atoms with Gasteiger partial charge in [0, 0.05) is 29.9 Å². The summed E-state index contributed by atoms with van der Waals surface area (Å²) in [5.74, 6) is 0. The zero-order chi connectivity index (χ0) is 16.4. The topological polar surface area (TPSA) is 44.4 Å². The molecule has 4 rings (SSSR count). The van der Waals surface area contributed by atoms with Crippen LogP contribution in [0.15, 0.2) is 30.3 Å². The molecule has 1 unspecified atom stereocenters. The first-order valence-corrected chi connectivity index (χ1v) is 9.69. The highest BCUT2D eigenvalue weighted by Crippen LogP contribution is 2.39. The van der Waals surface area contributed by atoms with Gasteiger partial charge >= 0.3 is 6.03 Å². The van der Waals surface area contributed by atoms with E-state index in [1.807, 2.05) is 30.3 Å². The van der Waals surface area contributed by atoms with Gasteiger partial charge in [0.15, 0.2) is 0 Å². The first kappa shape index (κ1) is 15.9. The minimum Gasteiger partial charge on any atom is -0.335 e. The Hall–Kier alpha value is -1.55. The lowest BCUT2D eigenvalue weighted by molar-refractivity contribution is -0.00680. The maximum Gasteiger partial charge on any atom is 0.319 e. The summed E-state index contributed by atoms with van der Waals surface area (Å²) in [5.41, 5.74) is 0.860. The molecule has 130 valence electrons. The van der Waals surface area contributed by atoms with E-state index < -0.39 is 0 Å². The number of hydrogen-bond donors (Lipinski definition) is 2. The molecule has 2 N–H and O–H groups in total. The molecule has 1 aromatic rings. The zero-order valence-corrected chi connectivity index (χ0v) is 14.4. The fourth-order valence-electron chi connectivity index (χ4n) is 5.21. The number of para-hydroxylation sites is 1. The summed E-state index contributed by atoms with van der Waals surface area (Å²) in [6, 6.07) is 12.2. The first-order valence-electron chi connectivity index (χ1n) is 9.69. The predicted molar refractivity (Wildman–Crippen MR) is 97.1 cm³/mol. The Bertz CT molecular complexity index is 541. The number of nitrogens with one attached hydrogen (secondary N) is 2. The lowest BCUT2D eigenvalue weighted by atomic mass is 9.80. The summed E-state index contributed by atoms with van der Waals surface area (Å²) in [4.78, 5) is 15.2. The second kappa shape index (κ2) is 7.14. The van der Waals surface area contributed by atoms with Crippen LogP contribution in [0, 0.1) is 0 Å². The van der Waals surface area contributed by atoms with Crippen molar-refractivity contribution < 1.29 is 4.79 Å². The van der Waals surface area contributed by atoms with E-state index >= 15 is 0 Å². The van der Waals surface area contributed by atoms with E-state index in [9.17, 15) is 4.79 Å². The summed E-state index contributed by atoms with van der Waals surface area (Å²) < 4.78 is 0. The molecule has 2 aliphatic heterocycles. The van der Waals surface area contributed by atoms with Crippen molar-refractivity contribution >= 4 is 11.7 Å². The molecule has 4 nitrogen and oxygen atoms in total. The van der Waals surface area contributed by atoms with E-state index in [0.29, 0.717) is 18.1 Å². The molecule has 2 amide bonds.